The number of hydrogen-bond donors (Lipinski definition) is 4. The molecule has 19 heavy (non-hydrogen) atoms. The minimum atomic E-state index is -1.51. The topological polar surface area (TPSA) is 98.7 Å². The second kappa shape index (κ2) is 6.69. The van der Waals surface area contributed by atoms with Crippen LogP contribution in [0.25, 0.3) is 0 Å². The molecule has 0 radical (unpaired) electrons. The average Bonchev–Trinajstić information content (AvgIpc) is 2.33. The Morgan fingerprint density at radius 1 is 1.42 bits per heavy atom. The number of carbonyl (C=O) groups is 2. The van der Waals surface area contributed by atoms with Gasteiger partial charge >= 0.3 is 12.0 Å². The molecular formula is C12H15FN2O4. The highest BCUT2D eigenvalue weighted by Crippen LogP contribution is 2.13. The summed E-state index contributed by atoms with van der Waals surface area (Å²) >= 11 is 0. The normalized spacial score (nSPS) is 11.7. The Hall–Kier alpha value is -2.15. The van der Waals surface area contributed by atoms with Gasteiger partial charge in [-0.05, 0) is 30.7 Å². The fourth-order valence-electron chi connectivity index (χ4n) is 1.34. The molecule has 1 atom stereocenters. The molecule has 104 valence electrons. The Morgan fingerprint density at radius 2 is 2.11 bits per heavy atom. The van der Waals surface area contributed by atoms with E-state index in [2.05, 4.69) is 10.6 Å². The predicted octanol–water partition coefficient (Wildman–Crippen LogP) is 1.09. The van der Waals surface area contributed by atoms with Crippen LogP contribution >= 0.6 is 0 Å². The quantitative estimate of drug-likeness (QED) is 0.643. The number of aryl methyl sites for hydroxylation is 1. The van der Waals surface area contributed by atoms with Gasteiger partial charge in [0.25, 0.3) is 0 Å². The van der Waals surface area contributed by atoms with Gasteiger partial charge in [-0.1, -0.05) is 0 Å². The van der Waals surface area contributed by atoms with Crippen LogP contribution in [0, 0.1) is 12.7 Å². The number of anilines is 1. The van der Waals surface area contributed by atoms with Gasteiger partial charge in [0.15, 0.2) is 6.10 Å². The number of aliphatic carboxylic acids is 1. The highest BCUT2D eigenvalue weighted by Gasteiger charge is 2.12. The first-order valence-electron chi connectivity index (χ1n) is 5.62. The van der Waals surface area contributed by atoms with E-state index in [0.717, 1.165) is 0 Å². The molecule has 0 fully saturated rings. The Bertz CT molecular complexity index is 479. The van der Waals surface area contributed by atoms with Crippen molar-refractivity contribution in [3.05, 3.63) is 29.6 Å². The van der Waals surface area contributed by atoms with Crippen LogP contribution in [-0.2, 0) is 4.79 Å². The number of aliphatic hydroxyl groups is 1. The summed E-state index contributed by atoms with van der Waals surface area (Å²) in [6, 6.07) is 3.57. The number of halogens is 1. The maximum Gasteiger partial charge on any atom is 0.332 e. The summed E-state index contributed by atoms with van der Waals surface area (Å²) in [7, 11) is 0. The molecule has 0 aromatic heterocycles. The first kappa shape index (κ1) is 14.9. The SMILES string of the molecule is Cc1cc(NC(=O)NCC[C@H](O)C(=O)O)ccc1F. The highest BCUT2D eigenvalue weighted by molar-refractivity contribution is 5.89. The van der Waals surface area contributed by atoms with E-state index >= 15 is 0 Å². The number of carboxylic acid groups (broad SMARTS) is 1. The van der Waals surface area contributed by atoms with Crippen LogP contribution in [0.4, 0.5) is 14.9 Å². The van der Waals surface area contributed by atoms with Crippen molar-refractivity contribution in [2.24, 2.45) is 0 Å². The van der Waals surface area contributed by atoms with Crippen LogP contribution in [0.5, 0.6) is 0 Å². The number of hydrogen-bond acceptors (Lipinski definition) is 3. The van der Waals surface area contributed by atoms with Crippen molar-refractivity contribution in [1.82, 2.24) is 5.32 Å². The highest BCUT2D eigenvalue weighted by atomic mass is 19.1. The van der Waals surface area contributed by atoms with Gasteiger partial charge in [-0.2, -0.15) is 0 Å². The van der Waals surface area contributed by atoms with E-state index in [1.807, 2.05) is 0 Å². The molecule has 0 aliphatic carbocycles. The van der Waals surface area contributed by atoms with Crippen molar-refractivity contribution < 1.29 is 24.2 Å². The summed E-state index contributed by atoms with van der Waals surface area (Å²) in [6.07, 6.45) is -1.60. The standard InChI is InChI=1S/C12H15FN2O4/c1-7-6-8(2-3-9(7)13)15-12(19)14-5-4-10(16)11(17)18/h2-3,6,10,16H,4-5H2,1H3,(H,17,18)(H2,14,15,19)/t10-/m0/s1. The van der Waals surface area contributed by atoms with Crippen molar-refractivity contribution >= 4 is 17.7 Å². The summed E-state index contributed by atoms with van der Waals surface area (Å²) in [5.74, 6) is -1.70. The van der Waals surface area contributed by atoms with Crippen molar-refractivity contribution in [3.63, 3.8) is 0 Å². The van der Waals surface area contributed by atoms with Gasteiger partial charge in [0.1, 0.15) is 5.82 Å². The average molecular weight is 270 g/mol. The molecule has 0 bridgehead atoms. The molecule has 4 N–H and O–H groups in total. The molecule has 0 heterocycles. The van der Waals surface area contributed by atoms with Crippen LogP contribution in [0.2, 0.25) is 0 Å². The third-order valence-corrected chi connectivity index (χ3v) is 2.40. The van der Waals surface area contributed by atoms with Gasteiger partial charge in [0.2, 0.25) is 0 Å². The molecule has 0 spiro atoms. The third kappa shape index (κ3) is 4.92. The van der Waals surface area contributed by atoms with E-state index in [4.69, 9.17) is 10.2 Å². The molecule has 6 nitrogen and oxygen atoms in total. The van der Waals surface area contributed by atoms with E-state index < -0.39 is 18.1 Å². The fourth-order valence-corrected chi connectivity index (χ4v) is 1.34. The minimum absolute atomic E-state index is 0.0134. The lowest BCUT2D eigenvalue weighted by atomic mass is 10.2. The number of carbonyl (C=O) groups excluding carboxylic acids is 1. The lowest BCUT2D eigenvalue weighted by molar-refractivity contribution is -0.146. The van der Waals surface area contributed by atoms with Gasteiger partial charge in [-0.3, -0.25) is 0 Å². The van der Waals surface area contributed by atoms with E-state index in [9.17, 15) is 14.0 Å². The molecule has 0 saturated heterocycles. The summed E-state index contributed by atoms with van der Waals surface area (Å²) in [4.78, 5) is 21.7. The minimum Gasteiger partial charge on any atom is -0.479 e. The first-order valence-corrected chi connectivity index (χ1v) is 5.62. The molecule has 0 saturated carbocycles. The number of amides is 2. The maximum atomic E-state index is 13.0. The number of nitrogens with one attached hydrogen (secondary N) is 2. The smallest absolute Gasteiger partial charge is 0.332 e. The lowest BCUT2D eigenvalue weighted by Gasteiger charge is -2.09. The second-order valence-electron chi connectivity index (χ2n) is 3.99. The Morgan fingerprint density at radius 3 is 2.68 bits per heavy atom. The molecule has 0 unspecified atom stereocenters. The Balaban J connectivity index is 2.39. The maximum absolute atomic E-state index is 13.0. The molecular weight excluding hydrogens is 255 g/mol. The molecule has 1 aromatic rings. The number of rotatable bonds is 5. The molecule has 1 aromatic carbocycles. The van der Waals surface area contributed by atoms with Crippen LogP contribution in [0.1, 0.15) is 12.0 Å². The zero-order chi connectivity index (χ0) is 14.4. The molecule has 0 aliphatic heterocycles. The monoisotopic (exact) mass is 270 g/mol. The summed E-state index contributed by atoms with van der Waals surface area (Å²) < 4.78 is 13.0. The van der Waals surface area contributed by atoms with Gasteiger partial charge in [0, 0.05) is 18.7 Å². The van der Waals surface area contributed by atoms with Crippen LogP contribution in [0.15, 0.2) is 18.2 Å². The molecule has 2 amide bonds. The number of urea groups is 1. The van der Waals surface area contributed by atoms with E-state index in [1.165, 1.54) is 18.2 Å². The van der Waals surface area contributed by atoms with Gasteiger partial charge < -0.3 is 20.8 Å². The van der Waals surface area contributed by atoms with E-state index in [1.54, 1.807) is 6.92 Å². The second-order valence-corrected chi connectivity index (χ2v) is 3.99. The zero-order valence-corrected chi connectivity index (χ0v) is 10.3. The van der Waals surface area contributed by atoms with E-state index in [0.29, 0.717) is 11.3 Å². The third-order valence-electron chi connectivity index (χ3n) is 2.40. The summed E-state index contributed by atoms with van der Waals surface area (Å²) in [6.45, 7) is 1.58. The lowest BCUT2D eigenvalue weighted by Crippen LogP contribution is -2.33. The predicted molar refractivity (Wildman–Crippen MR) is 66.4 cm³/mol. The van der Waals surface area contributed by atoms with Crippen LogP contribution < -0.4 is 10.6 Å². The Labute approximate surface area is 109 Å². The van der Waals surface area contributed by atoms with E-state index in [-0.39, 0.29) is 18.8 Å². The number of benzene rings is 1. The Kier molecular flexibility index (Phi) is 5.25. The number of aliphatic hydroxyl groups excluding tert-OH is 1. The first-order chi connectivity index (χ1) is 8.90. The number of carboxylic acids is 1. The van der Waals surface area contributed by atoms with Gasteiger partial charge in [-0.25, -0.2) is 14.0 Å². The van der Waals surface area contributed by atoms with Crippen molar-refractivity contribution in [3.8, 4) is 0 Å². The van der Waals surface area contributed by atoms with Gasteiger partial charge in [0.05, 0.1) is 0 Å². The largest absolute Gasteiger partial charge is 0.479 e. The van der Waals surface area contributed by atoms with Gasteiger partial charge in [-0.15, -0.1) is 0 Å². The summed E-state index contributed by atoms with van der Waals surface area (Å²) in [5, 5.41) is 22.3. The van der Waals surface area contributed by atoms with Crippen LogP contribution in [-0.4, -0.2) is 34.9 Å². The van der Waals surface area contributed by atoms with Crippen LogP contribution in [0.3, 0.4) is 0 Å². The van der Waals surface area contributed by atoms with Crippen molar-refractivity contribution in [2.75, 3.05) is 11.9 Å². The molecule has 1 rings (SSSR count). The fraction of sp³-hybridized carbons (Fsp3) is 0.333. The molecule has 7 heteroatoms. The summed E-state index contributed by atoms with van der Waals surface area (Å²) in [5.41, 5.74) is 0.828. The zero-order valence-electron chi connectivity index (χ0n) is 10.3. The van der Waals surface area contributed by atoms with Crippen molar-refractivity contribution in [2.45, 2.75) is 19.4 Å². The van der Waals surface area contributed by atoms with Crippen molar-refractivity contribution in [1.29, 1.82) is 0 Å². The molecule has 0 aliphatic rings.